The summed E-state index contributed by atoms with van der Waals surface area (Å²) in [5.41, 5.74) is 0. The fraction of sp³-hybridized carbons (Fsp3) is 1.00. The van der Waals surface area contributed by atoms with Crippen LogP contribution in [0, 0.1) is 11.8 Å². The summed E-state index contributed by atoms with van der Waals surface area (Å²) in [4.78, 5) is 2.73. The molecule has 2 rings (SSSR count). The molecule has 1 aliphatic carbocycles. The topological polar surface area (TPSA) is 15.3 Å². The first-order chi connectivity index (χ1) is 8.22. The summed E-state index contributed by atoms with van der Waals surface area (Å²) < 4.78 is 0. The van der Waals surface area contributed by atoms with E-state index in [4.69, 9.17) is 0 Å². The van der Waals surface area contributed by atoms with Crippen molar-refractivity contribution < 1.29 is 0 Å². The summed E-state index contributed by atoms with van der Waals surface area (Å²) in [6.07, 6.45) is 7.21. The summed E-state index contributed by atoms with van der Waals surface area (Å²) in [5.74, 6) is 2.04. The first-order valence-corrected chi connectivity index (χ1v) is 7.70. The van der Waals surface area contributed by atoms with Crippen molar-refractivity contribution in [1.82, 2.24) is 10.2 Å². The molecule has 2 aliphatic rings. The van der Waals surface area contributed by atoms with Crippen LogP contribution in [0.2, 0.25) is 0 Å². The molecule has 0 aromatic rings. The summed E-state index contributed by atoms with van der Waals surface area (Å²) in [6.45, 7) is 10.7. The largest absolute Gasteiger partial charge is 0.313 e. The second kappa shape index (κ2) is 6.19. The van der Waals surface area contributed by atoms with Gasteiger partial charge < -0.3 is 5.32 Å². The zero-order valence-corrected chi connectivity index (χ0v) is 11.9. The summed E-state index contributed by atoms with van der Waals surface area (Å²) in [7, 11) is 0. The predicted octanol–water partition coefficient (Wildman–Crippen LogP) is 2.89. The minimum Gasteiger partial charge on any atom is -0.313 e. The molecular weight excluding hydrogens is 208 g/mol. The molecule has 1 aliphatic heterocycles. The standard InChI is InChI=1S/C15H30N2/c1-4-12(3)17-10-14(8-13-6-7-13)9-15(11-17)16-5-2/h12-16H,4-11H2,1-3H3. The highest BCUT2D eigenvalue weighted by atomic mass is 15.2. The molecule has 2 nitrogen and oxygen atoms in total. The predicted molar refractivity (Wildman–Crippen MR) is 74.2 cm³/mol. The van der Waals surface area contributed by atoms with E-state index >= 15 is 0 Å². The molecule has 0 bridgehead atoms. The van der Waals surface area contributed by atoms with E-state index in [1.54, 1.807) is 0 Å². The molecule has 3 unspecified atom stereocenters. The highest BCUT2D eigenvalue weighted by Crippen LogP contribution is 2.38. The third kappa shape index (κ3) is 3.96. The van der Waals surface area contributed by atoms with E-state index in [1.165, 1.54) is 45.2 Å². The van der Waals surface area contributed by atoms with E-state index in [0.29, 0.717) is 0 Å². The molecular formula is C15H30N2. The Bertz CT molecular complexity index is 225. The van der Waals surface area contributed by atoms with Crippen LogP contribution in [0.4, 0.5) is 0 Å². The first-order valence-electron chi connectivity index (χ1n) is 7.70. The van der Waals surface area contributed by atoms with Crippen LogP contribution in [0.15, 0.2) is 0 Å². The summed E-state index contributed by atoms with van der Waals surface area (Å²) in [6, 6.07) is 1.50. The number of likely N-dealkylation sites (tertiary alicyclic amines) is 1. The molecule has 1 saturated carbocycles. The van der Waals surface area contributed by atoms with E-state index < -0.39 is 0 Å². The van der Waals surface area contributed by atoms with Crippen LogP contribution in [0.1, 0.15) is 52.9 Å². The van der Waals surface area contributed by atoms with Crippen LogP contribution in [0.25, 0.3) is 0 Å². The molecule has 0 radical (unpaired) electrons. The Balaban J connectivity index is 1.88. The fourth-order valence-electron chi connectivity index (χ4n) is 3.29. The molecule has 0 spiro atoms. The lowest BCUT2D eigenvalue weighted by Crippen LogP contribution is -2.52. The average Bonchev–Trinajstić information content (AvgIpc) is 3.12. The van der Waals surface area contributed by atoms with Crippen LogP contribution >= 0.6 is 0 Å². The molecule has 1 N–H and O–H groups in total. The second-order valence-electron chi connectivity index (χ2n) is 6.25. The molecule has 2 fully saturated rings. The number of piperidine rings is 1. The van der Waals surface area contributed by atoms with Crippen molar-refractivity contribution in [1.29, 1.82) is 0 Å². The number of rotatable bonds is 6. The van der Waals surface area contributed by atoms with Crippen LogP contribution < -0.4 is 5.32 Å². The van der Waals surface area contributed by atoms with Crippen molar-refractivity contribution in [2.75, 3.05) is 19.6 Å². The molecule has 1 saturated heterocycles. The van der Waals surface area contributed by atoms with Crippen molar-refractivity contribution in [3.8, 4) is 0 Å². The number of hydrogen-bond acceptors (Lipinski definition) is 2. The van der Waals surface area contributed by atoms with Gasteiger partial charge in [0.15, 0.2) is 0 Å². The monoisotopic (exact) mass is 238 g/mol. The van der Waals surface area contributed by atoms with E-state index in [-0.39, 0.29) is 0 Å². The van der Waals surface area contributed by atoms with Gasteiger partial charge in [-0.05, 0) is 44.6 Å². The van der Waals surface area contributed by atoms with Gasteiger partial charge in [0.1, 0.15) is 0 Å². The van der Waals surface area contributed by atoms with Gasteiger partial charge in [-0.2, -0.15) is 0 Å². The maximum atomic E-state index is 3.68. The van der Waals surface area contributed by atoms with Gasteiger partial charge in [0, 0.05) is 25.2 Å². The number of nitrogens with zero attached hydrogens (tertiary/aromatic N) is 1. The van der Waals surface area contributed by atoms with Gasteiger partial charge in [0.2, 0.25) is 0 Å². The molecule has 17 heavy (non-hydrogen) atoms. The minimum atomic E-state index is 0.742. The second-order valence-corrected chi connectivity index (χ2v) is 6.25. The first kappa shape index (κ1) is 13.4. The van der Waals surface area contributed by atoms with Gasteiger partial charge in [-0.3, -0.25) is 4.90 Å². The number of hydrogen-bond donors (Lipinski definition) is 1. The van der Waals surface area contributed by atoms with E-state index in [0.717, 1.165) is 30.5 Å². The Morgan fingerprint density at radius 1 is 1.18 bits per heavy atom. The molecule has 1 heterocycles. The quantitative estimate of drug-likeness (QED) is 0.765. The minimum absolute atomic E-state index is 0.742. The lowest BCUT2D eigenvalue weighted by Gasteiger charge is -2.41. The van der Waals surface area contributed by atoms with Gasteiger partial charge in [-0.1, -0.05) is 26.7 Å². The Morgan fingerprint density at radius 3 is 2.53 bits per heavy atom. The normalized spacial score (nSPS) is 32.6. The van der Waals surface area contributed by atoms with Crippen LogP contribution in [-0.2, 0) is 0 Å². The van der Waals surface area contributed by atoms with Gasteiger partial charge in [-0.15, -0.1) is 0 Å². The number of nitrogens with one attached hydrogen (secondary N) is 1. The lowest BCUT2D eigenvalue weighted by molar-refractivity contribution is 0.0967. The molecule has 0 aromatic carbocycles. The smallest absolute Gasteiger partial charge is 0.0198 e. The zero-order valence-electron chi connectivity index (χ0n) is 11.9. The maximum absolute atomic E-state index is 3.68. The summed E-state index contributed by atoms with van der Waals surface area (Å²) >= 11 is 0. The Labute approximate surface area is 107 Å². The van der Waals surface area contributed by atoms with E-state index in [1.807, 2.05) is 0 Å². The van der Waals surface area contributed by atoms with Gasteiger partial charge in [0.05, 0.1) is 0 Å². The van der Waals surface area contributed by atoms with Crippen LogP contribution in [-0.4, -0.2) is 36.6 Å². The van der Waals surface area contributed by atoms with Gasteiger partial charge >= 0.3 is 0 Å². The van der Waals surface area contributed by atoms with Crippen LogP contribution in [0.5, 0.6) is 0 Å². The summed E-state index contributed by atoms with van der Waals surface area (Å²) in [5, 5.41) is 3.68. The van der Waals surface area contributed by atoms with Gasteiger partial charge in [0.25, 0.3) is 0 Å². The molecule has 3 atom stereocenters. The fourth-order valence-corrected chi connectivity index (χ4v) is 3.29. The van der Waals surface area contributed by atoms with Crippen molar-refractivity contribution in [2.24, 2.45) is 11.8 Å². The average molecular weight is 238 g/mol. The number of likely N-dealkylation sites (N-methyl/N-ethyl adjacent to an activating group) is 1. The molecule has 0 amide bonds. The Kier molecular flexibility index (Phi) is 4.87. The zero-order chi connectivity index (χ0) is 12.3. The van der Waals surface area contributed by atoms with Crippen molar-refractivity contribution in [3.63, 3.8) is 0 Å². The highest BCUT2D eigenvalue weighted by Gasteiger charge is 2.32. The third-order valence-corrected chi connectivity index (χ3v) is 4.64. The van der Waals surface area contributed by atoms with Crippen LogP contribution in [0.3, 0.4) is 0 Å². The molecule has 100 valence electrons. The van der Waals surface area contributed by atoms with E-state index in [9.17, 15) is 0 Å². The van der Waals surface area contributed by atoms with Crippen molar-refractivity contribution >= 4 is 0 Å². The molecule has 2 heteroatoms. The molecule has 0 aromatic heterocycles. The Hall–Kier alpha value is -0.0800. The maximum Gasteiger partial charge on any atom is 0.0198 e. The highest BCUT2D eigenvalue weighted by molar-refractivity contribution is 4.88. The lowest BCUT2D eigenvalue weighted by atomic mass is 9.88. The van der Waals surface area contributed by atoms with Gasteiger partial charge in [-0.25, -0.2) is 0 Å². The Morgan fingerprint density at radius 2 is 1.94 bits per heavy atom. The van der Waals surface area contributed by atoms with Crippen molar-refractivity contribution in [3.05, 3.63) is 0 Å². The van der Waals surface area contributed by atoms with Crippen molar-refractivity contribution in [2.45, 2.75) is 65.0 Å². The SMILES string of the molecule is CCNC1CC(CC2CC2)CN(C(C)CC)C1. The third-order valence-electron chi connectivity index (χ3n) is 4.64. The van der Waals surface area contributed by atoms with E-state index in [2.05, 4.69) is 31.0 Å².